The highest BCUT2D eigenvalue weighted by atomic mass is 15.0. The Morgan fingerprint density at radius 2 is 1.92 bits per heavy atom. The summed E-state index contributed by atoms with van der Waals surface area (Å²) < 4.78 is 0. The fourth-order valence-corrected chi connectivity index (χ4v) is 0.921. The highest BCUT2D eigenvalue weighted by Crippen LogP contribution is 2.07. The van der Waals surface area contributed by atoms with Crippen molar-refractivity contribution in [3.05, 3.63) is 35.9 Å². The number of hydrogen-bond acceptors (Lipinski definition) is 3. The zero-order chi connectivity index (χ0) is 8.23. The molecule has 58 valence electrons. The number of aliphatic imine (C=N–C) groups is 2. The lowest BCUT2D eigenvalue weighted by Crippen LogP contribution is -1.77. The first kappa shape index (κ1) is 6.91. The van der Waals surface area contributed by atoms with Crippen LogP contribution in [0.4, 0.5) is 0 Å². The van der Waals surface area contributed by atoms with E-state index in [-0.39, 0.29) is 0 Å². The van der Waals surface area contributed by atoms with Crippen molar-refractivity contribution >= 4 is 18.5 Å². The summed E-state index contributed by atoms with van der Waals surface area (Å²) in [6, 6.07) is 5.72. The number of nitrogens with zero attached hydrogens (tertiary/aromatic N) is 3. The summed E-state index contributed by atoms with van der Waals surface area (Å²) in [6.07, 6.45) is 6.90. The molecule has 0 atom stereocenters. The summed E-state index contributed by atoms with van der Waals surface area (Å²) >= 11 is 0. The zero-order valence-electron chi connectivity index (χ0n) is 6.38. The molecule has 0 amide bonds. The Labute approximate surface area is 70.2 Å². The van der Waals surface area contributed by atoms with Gasteiger partial charge in [0.1, 0.15) is 0 Å². The van der Waals surface area contributed by atoms with Gasteiger partial charge in [-0.05, 0) is 12.1 Å². The first-order chi connectivity index (χ1) is 5.95. The molecule has 2 rings (SSSR count). The molecule has 1 aromatic rings. The Kier molecular flexibility index (Phi) is 1.78. The van der Waals surface area contributed by atoms with Crippen LogP contribution in [0.2, 0.25) is 0 Å². The van der Waals surface area contributed by atoms with Gasteiger partial charge in [-0.1, -0.05) is 6.07 Å². The van der Waals surface area contributed by atoms with Crippen LogP contribution in [0.25, 0.3) is 6.08 Å². The SMILES string of the molecule is C1=NC(=Cc2ccccn2)N=C1. The molecule has 0 aliphatic carbocycles. The molecule has 1 aliphatic rings. The third-order valence-corrected chi connectivity index (χ3v) is 1.45. The van der Waals surface area contributed by atoms with Gasteiger partial charge in [-0.25, -0.2) is 9.98 Å². The minimum absolute atomic E-state index is 0.703. The maximum absolute atomic E-state index is 4.12. The van der Waals surface area contributed by atoms with Crippen molar-refractivity contribution in [3.63, 3.8) is 0 Å². The number of rotatable bonds is 1. The molecular formula is C9H7N3. The van der Waals surface area contributed by atoms with Gasteiger partial charge in [0.15, 0.2) is 5.82 Å². The van der Waals surface area contributed by atoms with Crippen LogP contribution in [0.3, 0.4) is 0 Å². The fourth-order valence-electron chi connectivity index (χ4n) is 0.921. The van der Waals surface area contributed by atoms with Crippen LogP contribution in [0.5, 0.6) is 0 Å². The minimum Gasteiger partial charge on any atom is -0.257 e. The summed E-state index contributed by atoms with van der Waals surface area (Å²) in [7, 11) is 0. The molecule has 1 aliphatic heterocycles. The largest absolute Gasteiger partial charge is 0.257 e. The molecule has 0 spiro atoms. The third-order valence-electron chi connectivity index (χ3n) is 1.45. The van der Waals surface area contributed by atoms with E-state index in [0.29, 0.717) is 5.82 Å². The molecule has 0 bridgehead atoms. The summed E-state index contributed by atoms with van der Waals surface area (Å²) in [4.78, 5) is 12.1. The minimum atomic E-state index is 0.703. The first-order valence-electron chi connectivity index (χ1n) is 3.64. The Morgan fingerprint density at radius 1 is 1.08 bits per heavy atom. The van der Waals surface area contributed by atoms with Crippen LogP contribution in [0, 0.1) is 0 Å². The monoisotopic (exact) mass is 157 g/mol. The lowest BCUT2D eigenvalue weighted by Gasteiger charge is -1.90. The van der Waals surface area contributed by atoms with E-state index in [2.05, 4.69) is 15.0 Å². The highest BCUT2D eigenvalue weighted by molar-refractivity contribution is 6.18. The van der Waals surface area contributed by atoms with Crippen LogP contribution >= 0.6 is 0 Å². The van der Waals surface area contributed by atoms with Gasteiger partial charge in [0.25, 0.3) is 0 Å². The molecule has 12 heavy (non-hydrogen) atoms. The van der Waals surface area contributed by atoms with Crippen molar-refractivity contribution in [1.29, 1.82) is 0 Å². The maximum Gasteiger partial charge on any atom is 0.153 e. The Bertz CT molecular complexity index is 335. The predicted octanol–water partition coefficient (Wildman–Crippen LogP) is 1.54. The van der Waals surface area contributed by atoms with Crippen molar-refractivity contribution in [3.8, 4) is 0 Å². The standard InChI is InChI=1S/C9H7N3/c1-2-4-10-8(3-1)7-9-11-5-6-12-9/h1-7H. The number of aromatic nitrogens is 1. The van der Waals surface area contributed by atoms with Crippen molar-refractivity contribution in [2.75, 3.05) is 0 Å². The predicted molar refractivity (Wildman–Crippen MR) is 49.2 cm³/mol. The average Bonchev–Trinajstić information content (AvgIpc) is 2.59. The molecule has 0 aromatic carbocycles. The Hall–Kier alpha value is -1.77. The van der Waals surface area contributed by atoms with E-state index in [1.54, 1.807) is 18.6 Å². The van der Waals surface area contributed by atoms with Gasteiger partial charge in [0, 0.05) is 24.7 Å². The smallest absolute Gasteiger partial charge is 0.153 e. The second kappa shape index (κ2) is 3.09. The van der Waals surface area contributed by atoms with Crippen molar-refractivity contribution in [1.82, 2.24) is 4.98 Å². The van der Waals surface area contributed by atoms with E-state index in [1.165, 1.54) is 0 Å². The Balaban J connectivity index is 2.29. The molecule has 2 heterocycles. The second-order valence-corrected chi connectivity index (χ2v) is 2.31. The quantitative estimate of drug-likeness (QED) is 0.609. The van der Waals surface area contributed by atoms with Gasteiger partial charge in [-0.3, -0.25) is 4.98 Å². The maximum atomic E-state index is 4.12. The molecule has 0 saturated heterocycles. The molecule has 0 radical (unpaired) electrons. The number of pyridine rings is 1. The van der Waals surface area contributed by atoms with E-state index < -0.39 is 0 Å². The van der Waals surface area contributed by atoms with Crippen LogP contribution in [0.15, 0.2) is 40.2 Å². The molecular weight excluding hydrogens is 150 g/mol. The van der Waals surface area contributed by atoms with Crippen LogP contribution in [0.1, 0.15) is 5.69 Å². The molecule has 0 saturated carbocycles. The van der Waals surface area contributed by atoms with Gasteiger partial charge in [-0.2, -0.15) is 0 Å². The molecule has 0 fully saturated rings. The van der Waals surface area contributed by atoms with Gasteiger partial charge in [-0.15, -0.1) is 0 Å². The fraction of sp³-hybridized carbons (Fsp3) is 0. The first-order valence-corrected chi connectivity index (χ1v) is 3.64. The molecule has 0 N–H and O–H groups in total. The van der Waals surface area contributed by atoms with Crippen molar-refractivity contribution in [2.24, 2.45) is 9.98 Å². The molecule has 0 unspecified atom stereocenters. The normalized spacial score (nSPS) is 13.8. The van der Waals surface area contributed by atoms with E-state index in [4.69, 9.17) is 0 Å². The van der Waals surface area contributed by atoms with Crippen LogP contribution < -0.4 is 0 Å². The Morgan fingerprint density at radius 3 is 2.58 bits per heavy atom. The lowest BCUT2D eigenvalue weighted by molar-refractivity contribution is 1.26. The summed E-state index contributed by atoms with van der Waals surface area (Å²) in [5.74, 6) is 0.703. The van der Waals surface area contributed by atoms with E-state index in [0.717, 1.165) is 5.69 Å². The van der Waals surface area contributed by atoms with Crippen LogP contribution in [-0.4, -0.2) is 17.4 Å². The van der Waals surface area contributed by atoms with E-state index in [1.807, 2.05) is 24.3 Å². The number of hydrogen-bond donors (Lipinski definition) is 0. The summed E-state index contributed by atoms with van der Waals surface area (Å²) in [5.41, 5.74) is 0.878. The molecule has 3 nitrogen and oxygen atoms in total. The third kappa shape index (κ3) is 1.45. The summed E-state index contributed by atoms with van der Waals surface area (Å²) in [6.45, 7) is 0. The van der Waals surface area contributed by atoms with Crippen molar-refractivity contribution in [2.45, 2.75) is 0 Å². The molecule has 3 heteroatoms. The zero-order valence-corrected chi connectivity index (χ0v) is 6.38. The average molecular weight is 157 g/mol. The van der Waals surface area contributed by atoms with Gasteiger partial charge in [0.2, 0.25) is 0 Å². The second-order valence-electron chi connectivity index (χ2n) is 2.31. The van der Waals surface area contributed by atoms with Gasteiger partial charge < -0.3 is 0 Å². The van der Waals surface area contributed by atoms with Gasteiger partial charge >= 0.3 is 0 Å². The van der Waals surface area contributed by atoms with Gasteiger partial charge in [0.05, 0.1) is 5.69 Å². The topological polar surface area (TPSA) is 37.6 Å². The van der Waals surface area contributed by atoms with Crippen molar-refractivity contribution < 1.29 is 0 Å². The highest BCUT2D eigenvalue weighted by Gasteiger charge is 1.94. The molecule has 1 aromatic heterocycles. The van der Waals surface area contributed by atoms with E-state index in [9.17, 15) is 0 Å². The van der Waals surface area contributed by atoms with E-state index >= 15 is 0 Å². The van der Waals surface area contributed by atoms with Crippen LogP contribution in [-0.2, 0) is 0 Å². The summed E-state index contributed by atoms with van der Waals surface area (Å²) in [5, 5.41) is 0. The lowest BCUT2D eigenvalue weighted by atomic mass is 10.3.